The van der Waals surface area contributed by atoms with Crippen LogP contribution in [0.2, 0.25) is 0 Å². The maximum atomic E-state index is 2.60. The standard InChI is InChI=1S/C2H4I3/c1-4-2-3-5(2)4/h2H,1H3/q-1. The average molecular weight is 409 g/mol. The number of alkyl halides is 4. The summed E-state index contributed by atoms with van der Waals surface area (Å²) in [6.45, 7) is 0. The fourth-order valence-corrected chi connectivity index (χ4v) is 115. The van der Waals surface area contributed by atoms with E-state index in [0.29, 0.717) is 11.9 Å². The first-order valence-corrected chi connectivity index (χ1v) is 19.8. The van der Waals surface area contributed by atoms with E-state index < -0.39 is 0 Å². The van der Waals surface area contributed by atoms with Crippen LogP contribution in [0.5, 0.6) is 0 Å². The zero-order chi connectivity index (χ0) is 3.44. The molecule has 2 aliphatic heterocycles. The van der Waals surface area contributed by atoms with Crippen molar-refractivity contribution in [1.82, 2.24) is 0 Å². The van der Waals surface area contributed by atoms with Crippen LogP contribution in [0.4, 0.5) is 0 Å². The first kappa shape index (κ1) is 4.11. The first-order chi connectivity index (χ1) is 2.39. The second-order valence-electron chi connectivity index (χ2n) is 0.992. The Balaban J connectivity index is 2.19. The molecular weight excluding hydrogens is 405 g/mol. The van der Waals surface area contributed by atoms with Crippen LogP contribution in [-0.2, 0) is 0 Å². The van der Waals surface area contributed by atoms with Crippen LogP contribution in [0.15, 0.2) is 0 Å². The Bertz CT molecular complexity index is 56.5. The van der Waals surface area contributed by atoms with Crippen LogP contribution in [0.25, 0.3) is 0 Å². The molecule has 2 fully saturated rings. The molecule has 2 aliphatic rings. The minimum absolute atomic E-state index is 0.187. The van der Waals surface area contributed by atoms with E-state index in [0.717, 1.165) is 17.2 Å². The van der Waals surface area contributed by atoms with Gasteiger partial charge in [-0.3, -0.25) is 0 Å². The molecule has 0 N–H and O–H groups in total. The topological polar surface area (TPSA) is 0 Å². The first-order valence-electron chi connectivity index (χ1n) is 1.32. The fourth-order valence-electron chi connectivity index (χ4n) is 0.247. The number of hydrogen-bond donors (Lipinski definition) is 0. The van der Waals surface area contributed by atoms with Crippen LogP contribution in [0.3, 0.4) is 0 Å². The van der Waals surface area contributed by atoms with Gasteiger partial charge in [0.15, 0.2) is 0 Å². The molecule has 0 spiro atoms. The van der Waals surface area contributed by atoms with Gasteiger partial charge in [0.2, 0.25) is 0 Å². The predicted molar refractivity (Wildman–Crippen MR) is 37.8 cm³/mol. The summed E-state index contributed by atoms with van der Waals surface area (Å²) in [6, 6.07) is 0. The molecule has 1 atom stereocenters. The van der Waals surface area contributed by atoms with Gasteiger partial charge in [-0.15, -0.1) is 0 Å². The van der Waals surface area contributed by atoms with Crippen LogP contribution < -0.4 is 17.2 Å². The van der Waals surface area contributed by atoms with E-state index >= 15 is 0 Å². The molecule has 0 saturated carbocycles. The van der Waals surface area contributed by atoms with Crippen molar-refractivity contribution in [3.05, 3.63) is 0 Å². The van der Waals surface area contributed by atoms with Gasteiger partial charge in [-0.2, -0.15) is 0 Å². The molecule has 0 nitrogen and oxygen atoms in total. The zero-order valence-corrected chi connectivity index (χ0v) is 9.18. The monoisotopic (exact) mass is 409 g/mol. The van der Waals surface area contributed by atoms with Gasteiger partial charge < -0.3 is 0 Å². The van der Waals surface area contributed by atoms with Gasteiger partial charge in [0.1, 0.15) is 0 Å². The molecule has 0 aromatic rings. The van der Waals surface area contributed by atoms with Gasteiger partial charge in [0.05, 0.1) is 0 Å². The van der Waals surface area contributed by atoms with E-state index in [1.165, 1.54) is 0 Å². The maximum absolute atomic E-state index is 2.60. The Morgan fingerprint density at radius 3 is 2.20 bits per heavy atom. The Morgan fingerprint density at radius 1 is 1.80 bits per heavy atom. The van der Waals surface area contributed by atoms with Crippen molar-refractivity contribution in [3.8, 4) is 0 Å². The van der Waals surface area contributed by atoms with Gasteiger partial charge in [-0.25, -0.2) is 0 Å². The molecular formula is C2H4I3-. The molecule has 2 rings (SSSR count). The van der Waals surface area contributed by atoms with E-state index in [9.17, 15) is 0 Å². The zero-order valence-electron chi connectivity index (χ0n) is 2.71. The molecule has 0 aromatic carbocycles. The Morgan fingerprint density at radius 2 is 2.20 bits per heavy atom. The third kappa shape index (κ3) is 0.540. The van der Waals surface area contributed by atoms with Crippen LogP contribution in [0.1, 0.15) is 0 Å². The molecule has 2 heterocycles. The Kier molecular flexibility index (Phi) is 0.922. The summed E-state index contributed by atoms with van der Waals surface area (Å²) in [7, 11) is 0. The van der Waals surface area contributed by atoms with Gasteiger partial charge >= 0.3 is 49.8 Å². The quantitative estimate of drug-likeness (QED) is 0.351. The predicted octanol–water partition coefficient (Wildman–Crippen LogP) is -1.14. The molecule has 3 heteroatoms. The van der Waals surface area contributed by atoms with E-state index in [2.05, 4.69) is 4.93 Å². The van der Waals surface area contributed by atoms with Gasteiger partial charge in [-0.1, -0.05) is 0 Å². The summed E-state index contributed by atoms with van der Waals surface area (Å²) in [5.41, 5.74) is 0. The summed E-state index contributed by atoms with van der Waals surface area (Å²) in [5.74, 6) is 0. The van der Waals surface area contributed by atoms with Crippen molar-refractivity contribution in [2.24, 2.45) is 0 Å². The molecule has 5 heavy (non-hydrogen) atoms. The van der Waals surface area contributed by atoms with Crippen molar-refractivity contribution >= 4 is 27.7 Å². The molecule has 2 saturated heterocycles. The van der Waals surface area contributed by atoms with Crippen molar-refractivity contribution in [2.75, 3.05) is 4.93 Å². The molecule has 1 unspecified atom stereocenters. The van der Waals surface area contributed by atoms with Crippen LogP contribution in [-0.4, -0.2) is 4.87 Å². The van der Waals surface area contributed by atoms with E-state index in [4.69, 9.17) is 0 Å². The molecule has 0 bridgehead atoms. The molecule has 0 radical (unpaired) electrons. The van der Waals surface area contributed by atoms with E-state index in [-0.39, 0.29) is 15.8 Å². The SMILES string of the molecule is CI1C2[I-]I21. The number of rotatable bonds is 0. The number of hydrogen-bond acceptors (Lipinski definition) is 0. The molecule has 0 amide bonds. The van der Waals surface area contributed by atoms with E-state index in [1.54, 1.807) is -0.0619 Å². The second-order valence-corrected chi connectivity index (χ2v) is 50.2. The second kappa shape index (κ2) is 1.12. The van der Waals surface area contributed by atoms with Crippen molar-refractivity contribution in [1.29, 1.82) is 0 Å². The minimum atomic E-state index is 0.187. The molecule has 0 aromatic heterocycles. The van der Waals surface area contributed by atoms with E-state index in [1.807, 2.05) is 0 Å². The summed E-state index contributed by atoms with van der Waals surface area (Å²) < 4.78 is 1.64. The van der Waals surface area contributed by atoms with Crippen LogP contribution in [0, 0.1) is 0 Å². The van der Waals surface area contributed by atoms with Crippen molar-refractivity contribution < 1.29 is 17.2 Å². The number of fused-ring (bicyclic) bond motifs is 1. The Hall–Kier alpha value is 2.19. The van der Waals surface area contributed by atoms with Gasteiger partial charge in [-0.05, 0) is 0 Å². The molecule has 34 valence electrons. The van der Waals surface area contributed by atoms with Crippen molar-refractivity contribution in [2.45, 2.75) is -0.0619 Å². The van der Waals surface area contributed by atoms with Gasteiger partial charge in [0, 0.05) is 0 Å². The van der Waals surface area contributed by atoms with Crippen molar-refractivity contribution in [3.63, 3.8) is 0 Å². The average Bonchev–Trinajstić information content (AvgIpc) is 2.11. The summed E-state index contributed by atoms with van der Waals surface area (Å²) in [4.78, 5) is 2.60. The fraction of sp³-hybridized carbons (Fsp3) is 1.00. The normalized spacial score (nSPS) is 57.4. The van der Waals surface area contributed by atoms with Crippen LogP contribution >= 0.6 is 27.7 Å². The summed E-state index contributed by atoms with van der Waals surface area (Å²) >= 11 is 1.57. The third-order valence-corrected chi connectivity index (χ3v) is 91.3. The third-order valence-electron chi connectivity index (χ3n) is 0.653. The number of halogens is 3. The summed E-state index contributed by atoms with van der Waals surface area (Å²) in [5, 5.41) is 0. The summed E-state index contributed by atoms with van der Waals surface area (Å²) in [6.07, 6.45) is 0. The van der Waals surface area contributed by atoms with Gasteiger partial charge in [0.25, 0.3) is 0 Å². The Labute approximate surface area is 48.6 Å². The molecule has 0 aliphatic carbocycles.